The first-order chi connectivity index (χ1) is 7.02. The molecule has 1 aliphatic heterocycles. The summed E-state index contributed by atoms with van der Waals surface area (Å²) in [5, 5.41) is 2.64. The topological polar surface area (TPSA) is 66.5 Å². The summed E-state index contributed by atoms with van der Waals surface area (Å²) >= 11 is 0. The van der Waals surface area contributed by atoms with Crippen molar-refractivity contribution in [2.45, 2.75) is 13.8 Å². The summed E-state index contributed by atoms with van der Waals surface area (Å²) in [5.74, 6) is -0.812. The zero-order valence-electron chi connectivity index (χ0n) is 8.82. The average Bonchev–Trinajstić information content (AvgIpc) is 2.48. The largest absolute Gasteiger partial charge is 0.354 e. The zero-order valence-corrected chi connectivity index (χ0v) is 8.82. The van der Waals surface area contributed by atoms with Gasteiger partial charge < -0.3 is 5.32 Å². The first-order valence-electron chi connectivity index (χ1n) is 4.83. The van der Waals surface area contributed by atoms with E-state index in [0.717, 1.165) is 4.90 Å². The fourth-order valence-electron chi connectivity index (χ4n) is 1.15. The van der Waals surface area contributed by atoms with Crippen molar-refractivity contribution in [1.29, 1.82) is 0 Å². The van der Waals surface area contributed by atoms with Crippen LogP contribution < -0.4 is 5.32 Å². The van der Waals surface area contributed by atoms with Crippen molar-refractivity contribution in [1.82, 2.24) is 10.2 Å². The van der Waals surface area contributed by atoms with Crippen molar-refractivity contribution in [3.05, 3.63) is 12.2 Å². The Labute approximate surface area is 88.1 Å². The van der Waals surface area contributed by atoms with Gasteiger partial charge in [-0.25, -0.2) is 0 Å². The SMILES string of the molecule is CC(C)C(=O)NCCN1C(=O)C=CC1=O. The first-order valence-corrected chi connectivity index (χ1v) is 4.83. The quantitative estimate of drug-likeness (QED) is 0.647. The van der Waals surface area contributed by atoms with Crippen LogP contribution in [0.2, 0.25) is 0 Å². The van der Waals surface area contributed by atoms with Gasteiger partial charge in [-0.1, -0.05) is 13.8 Å². The predicted molar refractivity (Wildman–Crippen MR) is 53.7 cm³/mol. The maximum absolute atomic E-state index is 11.2. The maximum Gasteiger partial charge on any atom is 0.253 e. The van der Waals surface area contributed by atoms with Crippen LogP contribution >= 0.6 is 0 Å². The molecular formula is C10H14N2O3. The molecule has 82 valence electrons. The van der Waals surface area contributed by atoms with Gasteiger partial charge in [0.2, 0.25) is 5.91 Å². The average molecular weight is 210 g/mol. The molecule has 15 heavy (non-hydrogen) atoms. The molecule has 1 heterocycles. The molecule has 0 saturated heterocycles. The minimum absolute atomic E-state index is 0.0814. The number of hydrogen-bond acceptors (Lipinski definition) is 3. The highest BCUT2D eigenvalue weighted by molar-refractivity contribution is 6.12. The third-order valence-electron chi connectivity index (χ3n) is 2.06. The Morgan fingerprint density at radius 2 is 1.87 bits per heavy atom. The highest BCUT2D eigenvalue weighted by Crippen LogP contribution is 2.01. The predicted octanol–water partition coefficient (Wildman–Crippen LogP) is -0.316. The molecule has 0 aromatic heterocycles. The molecule has 0 atom stereocenters. The molecule has 0 fully saturated rings. The molecule has 0 unspecified atom stereocenters. The van der Waals surface area contributed by atoms with E-state index >= 15 is 0 Å². The van der Waals surface area contributed by atoms with Crippen LogP contribution in [0.4, 0.5) is 0 Å². The molecule has 1 aliphatic rings. The maximum atomic E-state index is 11.2. The molecule has 0 aromatic rings. The minimum Gasteiger partial charge on any atom is -0.354 e. The van der Waals surface area contributed by atoms with Crippen LogP contribution in [-0.4, -0.2) is 35.7 Å². The molecule has 5 heteroatoms. The van der Waals surface area contributed by atoms with Gasteiger partial charge in [-0.2, -0.15) is 0 Å². The lowest BCUT2D eigenvalue weighted by molar-refractivity contribution is -0.137. The molecule has 0 aliphatic carbocycles. The van der Waals surface area contributed by atoms with Gasteiger partial charge in [-0.05, 0) is 0 Å². The number of rotatable bonds is 4. The lowest BCUT2D eigenvalue weighted by atomic mass is 10.2. The summed E-state index contributed by atoms with van der Waals surface area (Å²) < 4.78 is 0. The Morgan fingerprint density at radius 1 is 1.33 bits per heavy atom. The number of hydrogen-bond donors (Lipinski definition) is 1. The molecule has 0 saturated carbocycles. The summed E-state index contributed by atoms with van der Waals surface area (Å²) in [6, 6.07) is 0. The normalized spacial score (nSPS) is 15.3. The van der Waals surface area contributed by atoms with E-state index in [-0.39, 0.29) is 30.2 Å². The van der Waals surface area contributed by atoms with Gasteiger partial charge in [0, 0.05) is 31.2 Å². The van der Waals surface area contributed by atoms with E-state index in [0.29, 0.717) is 6.54 Å². The van der Waals surface area contributed by atoms with E-state index in [1.807, 2.05) is 0 Å². The molecule has 1 rings (SSSR count). The lowest BCUT2D eigenvalue weighted by Crippen LogP contribution is -2.39. The number of imide groups is 1. The standard InChI is InChI=1S/C10H14N2O3/c1-7(2)10(15)11-5-6-12-8(13)3-4-9(12)14/h3-4,7H,5-6H2,1-2H3,(H,11,15). The Kier molecular flexibility index (Phi) is 3.60. The molecular weight excluding hydrogens is 196 g/mol. The van der Waals surface area contributed by atoms with Crippen molar-refractivity contribution in [2.75, 3.05) is 13.1 Å². The smallest absolute Gasteiger partial charge is 0.253 e. The van der Waals surface area contributed by atoms with Gasteiger partial charge in [0.1, 0.15) is 0 Å². The van der Waals surface area contributed by atoms with Crippen molar-refractivity contribution >= 4 is 17.7 Å². The third kappa shape index (κ3) is 2.90. The van der Waals surface area contributed by atoms with Crippen molar-refractivity contribution in [3.8, 4) is 0 Å². The molecule has 0 spiro atoms. The summed E-state index contributed by atoms with van der Waals surface area (Å²) in [6.45, 7) is 4.09. The van der Waals surface area contributed by atoms with Gasteiger partial charge >= 0.3 is 0 Å². The number of carbonyl (C=O) groups is 3. The van der Waals surface area contributed by atoms with Crippen LogP contribution in [0, 0.1) is 5.92 Å². The summed E-state index contributed by atoms with van der Waals surface area (Å²) in [6.07, 6.45) is 2.46. The monoisotopic (exact) mass is 210 g/mol. The molecule has 3 amide bonds. The van der Waals surface area contributed by atoms with Crippen molar-refractivity contribution in [3.63, 3.8) is 0 Å². The van der Waals surface area contributed by atoms with Crippen molar-refractivity contribution < 1.29 is 14.4 Å². The van der Waals surface area contributed by atoms with E-state index in [4.69, 9.17) is 0 Å². The molecule has 5 nitrogen and oxygen atoms in total. The number of amides is 3. The second-order valence-corrected chi connectivity index (χ2v) is 3.61. The van der Waals surface area contributed by atoms with Gasteiger partial charge in [-0.15, -0.1) is 0 Å². The Balaban J connectivity index is 2.30. The lowest BCUT2D eigenvalue weighted by Gasteiger charge is -2.14. The highest BCUT2D eigenvalue weighted by Gasteiger charge is 2.22. The Hall–Kier alpha value is -1.65. The van der Waals surface area contributed by atoms with E-state index < -0.39 is 0 Å². The van der Waals surface area contributed by atoms with Crippen LogP contribution in [-0.2, 0) is 14.4 Å². The van der Waals surface area contributed by atoms with E-state index in [1.54, 1.807) is 13.8 Å². The number of nitrogens with zero attached hydrogens (tertiary/aromatic N) is 1. The fourth-order valence-corrected chi connectivity index (χ4v) is 1.15. The van der Waals surface area contributed by atoms with Crippen LogP contribution in [0.1, 0.15) is 13.8 Å². The van der Waals surface area contributed by atoms with Gasteiger partial charge in [-0.3, -0.25) is 19.3 Å². The van der Waals surface area contributed by atoms with Crippen LogP contribution in [0.5, 0.6) is 0 Å². The van der Waals surface area contributed by atoms with Gasteiger partial charge in [0.05, 0.1) is 0 Å². The summed E-state index contributed by atoms with van der Waals surface area (Å²) in [7, 11) is 0. The highest BCUT2D eigenvalue weighted by atomic mass is 16.2. The second-order valence-electron chi connectivity index (χ2n) is 3.61. The first kappa shape index (κ1) is 11.4. The van der Waals surface area contributed by atoms with E-state index in [2.05, 4.69) is 5.32 Å². The molecule has 0 bridgehead atoms. The summed E-state index contributed by atoms with van der Waals surface area (Å²) in [5.41, 5.74) is 0. The van der Waals surface area contributed by atoms with E-state index in [1.165, 1.54) is 12.2 Å². The van der Waals surface area contributed by atoms with Gasteiger partial charge in [0.15, 0.2) is 0 Å². The summed E-state index contributed by atoms with van der Waals surface area (Å²) in [4.78, 5) is 34.5. The van der Waals surface area contributed by atoms with Crippen LogP contribution in [0.15, 0.2) is 12.2 Å². The number of nitrogens with one attached hydrogen (secondary N) is 1. The van der Waals surface area contributed by atoms with E-state index in [9.17, 15) is 14.4 Å². The second kappa shape index (κ2) is 4.72. The molecule has 0 radical (unpaired) electrons. The molecule has 1 N–H and O–H groups in total. The Bertz CT molecular complexity index is 303. The van der Waals surface area contributed by atoms with Crippen molar-refractivity contribution in [2.24, 2.45) is 5.92 Å². The zero-order chi connectivity index (χ0) is 11.4. The third-order valence-corrected chi connectivity index (χ3v) is 2.06. The minimum atomic E-state index is -0.321. The van der Waals surface area contributed by atoms with Crippen LogP contribution in [0.25, 0.3) is 0 Å². The Morgan fingerprint density at radius 3 is 2.33 bits per heavy atom. The fraction of sp³-hybridized carbons (Fsp3) is 0.500. The van der Waals surface area contributed by atoms with Crippen LogP contribution in [0.3, 0.4) is 0 Å². The number of carbonyl (C=O) groups excluding carboxylic acids is 3. The van der Waals surface area contributed by atoms with Gasteiger partial charge in [0.25, 0.3) is 11.8 Å². The molecule has 0 aromatic carbocycles.